The van der Waals surface area contributed by atoms with Crippen molar-refractivity contribution in [2.24, 2.45) is 0 Å². The number of carbonyl (C=O) groups excluding carboxylic acids is 1. The van der Waals surface area contributed by atoms with Crippen molar-refractivity contribution in [2.45, 2.75) is 31.7 Å². The van der Waals surface area contributed by atoms with Gasteiger partial charge in [0.15, 0.2) is 0 Å². The monoisotopic (exact) mass is 253 g/mol. The van der Waals surface area contributed by atoms with Crippen molar-refractivity contribution in [3.63, 3.8) is 0 Å². The highest BCUT2D eigenvalue weighted by Gasteiger charge is 2.32. The first-order valence-electron chi connectivity index (χ1n) is 5.78. The first-order valence-corrected chi connectivity index (χ1v) is 6.16. The van der Waals surface area contributed by atoms with E-state index in [0.29, 0.717) is 17.2 Å². The molecule has 4 heteroatoms. The Labute approximate surface area is 106 Å². The minimum atomic E-state index is 0.119. The minimum Gasteiger partial charge on any atom is -0.495 e. The third kappa shape index (κ3) is 2.39. The molecule has 92 valence electrons. The molecule has 0 aliphatic carbocycles. The van der Waals surface area contributed by atoms with Crippen LogP contribution in [0.4, 0.5) is 0 Å². The molecule has 0 bridgehead atoms. The van der Waals surface area contributed by atoms with Crippen LogP contribution in [0.1, 0.15) is 31.2 Å². The Hall–Kier alpha value is -1.22. The molecule has 1 aromatic carbocycles. The number of hydrogen-bond donors (Lipinski definition) is 1. The van der Waals surface area contributed by atoms with Gasteiger partial charge in [-0.05, 0) is 24.1 Å². The molecule has 2 rings (SSSR count). The number of benzene rings is 1. The smallest absolute Gasteiger partial charge is 0.220 e. The fraction of sp³-hybridized carbons (Fsp3) is 0.462. The zero-order valence-corrected chi connectivity index (χ0v) is 10.8. The summed E-state index contributed by atoms with van der Waals surface area (Å²) in [5, 5.41) is 3.58. The minimum absolute atomic E-state index is 0.119. The number of methoxy groups -OCH3 is 1. The molecule has 1 amide bonds. The maximum Gasteiger partial charge on any atom is 0.220 e. The molecule has 1 fully saturated rings. The summed E-state index contributed by atoms with van der Waals surface area (Å²) in [4.78, 5) is 11.4. The van der Waals surface area contributed by atoms with Gasteiger partial charge in [-0.15, -0.1) is 0 Å². The van der Waals surface area contributed by atoms with E-state index in [1.165, 1.54) is 0 Å². The van der Waals surface area contributed by atoms with Crippen LogP contribution in [0.3, 0.4) is 0 Å². The van der Waals surface area contributed by atoms with Gasteiger partial charge in [0.25, 0.3) is 0 Å². The highest BCUT2D eigenvalue weighted by Crippen LogP contribution is 2.34. The predicted molar refractivity (Wildman–Crippen MR) is 67.6 cm³/mol. The third-order valence-corrected chi connectivity index (χ3v) is 3.58. The van der Waals surface area contributed by atoms with E-state index in [-0.39, 0.29) is 17.9 Å². The molecular formula is C13H16ClNO2. The predicted octanol–water partition coefficient (Wildman–Crippen LogP) is 2.73. The average Bonchev–Trinajstić information content (AvgIpc) is 2.70. The van der Waals surface area contributed by atoms with Gasteiger partial charge in [0, 0.05) is 18.4 Å². The van der Waals surface area contributed by atoms with Gasteiger partial charge in [-0.1, -0.05) is 24.6 Å². The molecule has 17 heavy (non-hydrogen) atoms. The molecule has 1 aliphatic rings. The number of ether oxygens (including phenoxy) is 1. The number of halogens is 1. The van der Waals surface area contributed by atoms with Crippen molar-refractivity contribution in [3.8, 4) is 5.75 Å². The number of rotatable bonds is 3. The summed E-state index contributed by atoms with van der Waals surface area (Å²) in [7, 11) is 1.59. The lowest BCUT2D eigenvalue weighted by Gasteiger charge is -2.18. The van der Waals surface area contributed by atoms with Gasteiger partial charge >= 0.3 is 0 Å². The van der Waals surface area contributed by atoms with Crippen LogP contribution < -0.4 is 10.1 Å². The van der Waals surface area contributed by atoms with Crippen LogP contribution in [0, 0.1) is 0 Å². The van der Waals surface area contributed by atoms with Gasteiger partial charge in [0.2, 0.25) is 5.91 Å². The number of hydrogen-bond acceptors (Lipinski definition) is 2. The normalized spacial score (nSPS) is 23.6. The van der Waals surface area contributed by atoms with E-state index in [9.17, 15) is 4.79 Å². The first-order chi connectivity index (χ1) is 8.15. The second-order valence-electron chi connectivity index (χ2n) is 4.29. The van der Waals surface area contributed by atoms with Gasteiger partial charge < -0.3 is 10.1 Å². The Morgan fingerprint density at radius 1 is 1.53 bits per heavy atom. The van der Waals surface area contributed by atoms with Gasteiger partial charge in [-0.25, -0.2) is 0 Å². The zero-order valence-electron chi connectivity index (χ0n) is 10.00. The van der Waals surface area contributed by atoms with E-state index in [1.807, 2.05) is 18.2 Å². The molecule has 1 aromatic rings. The van der Waals surface area contributed by atoms with Crippen LogP contribution in [0.15, 0.2) is 18.2 Å². The molecule has 0 radical (unpaired) electrons. The van der Waals surface area contributed by atoms with Crippen LogP contribution in [0.2, 0.25) is 5.02 Å². The van der Waals surface area contributed by atoms with Crippen molar-refractivity contribution in [3.05, 3.63) is 28.8 Å². The second-order valence-corrected chi connectivity index (χ2v) is 4.69. The maximum atomic E-state index is 11.4. The third-order valence-electron chi connectivity index (χ3n) is 3.28. The summed E-state index contributed by atoms with van der Waals surface area (Å²) in [6.45, 7) is 2.08. The Bertz CT molecular complexity index is 433. The summed E-state index contributed by atoms with van der Waals surface area (Å²) in [6, 6.07) is 5.95. The van der Waals surface area contributed by atoms with Crippen molar-refractivity contribution < 1.29 is 9.53 Å². The molecule has 0 saturated carbocycles. The summed E-state index contributed by atoms with van der Waals surface area (Å²) in [5.74, 6) is 1.01. The van der Waals surface area contributed by atoms with E-state index in [4.69, 9.17) is 16.3 Å². The Kier molecular flexibility index (Phi) is 3.57. The molecule has 2 atom stereocenters. The Morgan fingerprint density at radius 2 is 2.29 bits per heavy atom. The molecule has 1 heterocycles. The standard InChI is InChI=1S/C13H16ClNO2/c1-3-11-9(7-13(16)15-11)8-4-5-12(17-2)10(14)6-8/h4-6,9,11H,3,7H2,1-2H3,(H,15,16). The van der Waals surface area contributed by atoms with Gasteiger partial charge in [-0.3, -0.25) is 4.79 Å². The lowest BCUT2D eigenvalue weighted by Crippen LogP contribution is -2.27. The lowest BCUT2D eigenvalue weighted by molar-refractivity contribution is -0.119. The van der Waals surface area contributed by atoms with Crippen molar-refractivity contribution >= 4 is 17.5 Å². The van der Waals surface area contributed by atoms with E-state index >= 15 is 0 Å². The largest absolute Gasteiger partial charge is 0.495 e. The van der Waals surface area contributed by atoms with Crippen LogP contribution in [0.25, 0.3) is 0 Å². The highest BCUT2D eigenvalue weighted by molar-refractivity contribution is 6.32. The summed E-state index contributed by atoms with van der Waals surface area (Å²) in [5.41, 5.74) is 1.10. The lowest BCUT2D eigenvalue weighted by atomic mass is 9.90. The SMILES string of the molecule is CCC1NC(=O)CC1c1ccc(OC)c(Cl)c1. The molecule has 0 aromatic heterocycles. The summed E-state index contributed by atoms with van der Waals surface area (Å²) < 4.78 is 5.12. The summed E-state index contributed by atoms with van der Waals surface area (Å²) >= 11 is 6.10. The van der Waals surface area contributed by atoms with Gasteiger partial charge in [0.1, 0.15) is 5.75 Å². The Morgan fingerprint density at radius 3 is 2.88 bits per heavy atom. The maximum absolute atomic E-state index is 11.4. The van der Waals surface area contributed by atoms with E-state index < -0.39 is 0 Å². The van der Waals surface area contributed by atoms with E-state index in [1.54, 1.807) is 7.11 Å². The van der Waals surface area contributed by atoms with Gasteiger partial charge in [-0.2, -0.15) is 0 Å². The van der Waals surface area contributed by atoms with Crippen LogP contribution in [0.5, 0.6) is 5.75 Å². The Balaban J connectivity index is 2.27. The van der Waals surface area contributed by atoms with Crippen molar-refractivity contribution in [1.82, 2.24) is 5.32 Å². The molecular weight excluding hydrogens is 238 g/mol. The number of carbonyl (C=O) groups is 1. The fourth-order valence-electron chi connectivity index (χ4n) is 2.36. The fourth-order valence-corrected chi connectivity index (χ4v) is 2.62. The molecule has 0 spiro atoms. The number of nitrogens with one attached hydrogen (secondary N) is 1. The summed E-state index contributed by atoms with van der Waals surface area (Å²) in [6.07, 6.45) is 1.47. The first kappa shape index (κ1) is 12.2. The topological polar surface area (TPSA) is 38.3 Å². The highest BCUT2D eigenvalue weighted by atomic mass is 35.5. The molecule has 1 aliphatic heterocycles. The van der Waals surface area contributed by atoms with Crippen molar-refractivity contribution in [1.29, 1.82) is 0 Å². The molecule has 1 N–H and O–H groups in total. The van der Waals surface area contributed by atoms with E-state index in [0.717, 1.165) is 12.0 Å². The molecule has 2 unspecified atom stereocenters. The van der Waals surface area contributed by atoms with Crippen molar-refractivity contribution in [2.75, 3.05) is 7.11 Å². The van der Waals surface area contributed by atoms with Gasteiger partial charge in [0.05, 0.1) is 12.1 Å². The zero-order chi connectivity index (χ0) is 12.4. The number of amides is 1. The van der Waals surface area contributed by atoms with E-state index in [2.05, 4.69) is 12.2 Å². The molecule has 1 saturated heterocycles. The second kappa shape index (κ2) is 4.96. The average molecular weight is 254 g/mol. The molecule has 3 nitrogen and oxygen atoms in total. The van der Waals surface area contributed by atoms with Crippen LogP contribution in [-0.2, 0) is 4.79 Å². The van der Waals surface area contributed by atoms with Crippen LogP contribution in [-0.4, -0.2) is 19.1 Å². The quantitative estimate of drug-likeness (QED) is 0.900. The van der Waals surface area contributed by atoms with Crippen LogP contribution >= 0.6 is 11.6 Å².